The second-order valence-corrected chi connectivity index (χ2v) is 7.36. The molecule has 0 radical (unpaired) electrons. The lowest BCUT2D eigenvalue weighted by atomic mass is 10.0. The van der Waals surface area contributed by atoms with Gasteiger partial charge in [-0.2, -0.15) is 13.2 Å². The molecule has 0 saturated carbocycles. The summed E-state index contributed by atoms with van der Waals surface area (Å²) in [6, 6.07) is 3.45. The van der Waals surface area contributed by atoms with Gasteiger partial charge in [0.05, 0.1) is 12.1 Å². The predicted molar refractivity (Wildman–Crippen MR) is 118 cm³/mol. The number of hydrogen-bond acceptors (Lipinski definition) is 4. The van der Waals surface area contributed by atoms with Gasteiger partial charge in [0, 0.05) is 18.3 Å². The molecule has 1 amide bonds. The second-order valence-electron chi connectivity index (χ2n) is 7.36. The lowest BCUT2D eigenvalue weighted by molar-refractivity contribution is -0.152. The molecule has 0 spiro atoms. The number of nitrogens with one attached hydrogen (secondary N) is 1. The summed E-state index contributed by atoms with van der Waals surface area (Å²) >= 11 is 0. The van der Waals surface area contributed by atoms with E-state index in [2.05, 4.69) is 34.1 Å². The summed E-state index contributed by atoms with van der Waals surface area (Å²) in [6.07, 6.45) is 0.994. The second kappa shape index (κ2) is 12.2. The molecule has 1 atom stereocenters. The third-order valence-corrected chi connectivity index (χ3v) is 4.30. The molecule has 0 fully saturated rings. The molecule has 2 aromatic rings. The molecule has 8 heteroatoms. The average Bonchev–Trinajstić information content (AvgIpc) is 2.68. The lowest BCUT2D eigenvalue weighted by Crippen LogP contribution is -2.27. The van der Waals surface area contributed by atoms with Crippen molar-refractivity contribution in [2.75, 3.05) is 5.32 Å². The fourth-order valence-corrected chi connectivity index (χ4v) is 2.70. The quantitative estimate of drug-likeness (QED) is 0.570. The Morgan fingerprint density at radius 3 is 2.35 bits per heavy atom. The number of amides is 1. The van der Waals surface area contributed by atoms with Gasteiger partial charge in [0.1, 0.15) is 11.6 Å². The molecule has 170 valence electrons. The molecule has 2 aromatic heterocycles. The minimum Gasteiger partial charge on any atom is -0.310 e. The van der Waals surface area contributed by atoms with Gasteiger partial charge in [0.25, 0.3) is 0 Å². The van der Waals surface area contributed by atoms with Crippen LogP contribution in [0.25, 0.3) is 11.6 Å². The number of pyridine rings is 1. The highest BCUT2D eigenvalue weighted by Crippen LogP contribution is 2.27. The molecule has 0 aliphatic rings. The van der Waals surface area contributed by atoms with Crippen molar-refractivity contribution in [2.45, 2.75) is 67.0 Å². The summed E-state index contributed by atoms with van der Waals surface area (Å²) in [7, 11) is 0. The molecule has 0 aliphatic heterocycles. The Balaban J connectivity index is 0.00000151. The van der Waals surface area contributed by atoms with Crippen molar-refractivity contribution in [2.24, 2.45) is 5.92 Å². The molecule has 2 heterocycles. The van der Waals surface area contributed by atoms with Crippen molar-refractivity contribution in [1.29, 1.82) is 0 Å². The number of carbonyl (C=O) groups is 1. The first-order valence-corrected chi connectivity index (χ1v) is 10.3. The first-order valence-electron chi connectivity index (χ1n) is 10.3. The van der Waals surface area contributed by atoms with Gasteiger partial charge < -0.3 is 5.32 Å². The number of alkyl halides is 3. The van der Waals surface area contributed by atoms with Crippen LogP contribution in [0.3, 0.4) is 0 Å². The normalized spacial score (nSPS) is 12.6. The first-order chi connectivity index (χ1) is 14.5. The molecular formula is C23H31F3N4O. The van der Waals surface area contributed by atoms with E-state index in [9.17, 15) is 18.0 Å². The number of aryl methyl sites for hydroxylation is 2. The zero-order chi connectivity index (χ0) is 23.6. The molecular weight excluding hydrogens is 405 g/mol. The van der Waals surface area contributed by atoms with E-state index in [-0.39, 0.29) is 12.2 Å². The molecule has 1 unspecified atom stereocenters. The Labute approximate surface area is 182 Å². The maximum Gasteiger partial charge on any atom is 0.389 e. The number of rotatable bonds is 6. The summed E-state index contributed by atoms with van der Waals surface area (Å²) in [5, 5.41) is 2.48. The molecule has 31 heavy (non-hydrogen) atoms. The number of aromatic nitrogens is 3. The number of allylic oxidation sites excluding steroid dienone is 1. The number of hydrogen-bond donors (Lipinski definition) is 1. The van der Waals surface area contributed by atoms with Crippen LogP contribution in [0.2, 0.25) is 0 Å². The molecule has 0 bridgehead atoms. The standard InChI is InChI=1S/C20H23F3N4O.C3H8/c1-5-15(10-20(21,22)23)19(28)27-18-9-12(2)16(11-25-18)8-13(3)17-6-7-24-14(4)26-17;1-3-2/h6-9,11,15H,5,10H2,1-4H3,(H,25,27,28);3H2,1-2H3/b13-8+;. The van der Waals surface area contributed by atoms with Crippen molar-refractivity contribution >= 4 is 23.4 Å². The minimum atomic E-state index is -4.38. The van der Waals surface area contributed by atoms with Crippen molar-refractivity contribution in [3.63, 3.8) is 0 Å². The summed E-state index contributed by atoms with van der Waals surface area (Å²) in [5.74, 6) is -0.911. The third kappa shape index (κ3) is 9.27. The smallest absolute Gasteiger partial charge is 0.310 e. The van der Waals surface area contributed by atoms with E-state index in [0.717, 1.165) is 22.4 Å². The fourth-order valence-electron chi connectivity index (χ4n) is 2.70. The van der Waals surface area contributed by atoms with E-state index in [4.69, 9.17) is 0 Å². The highest BCUT2D eigenvalue weighted by atomic mass is 19.4. The van der Waals surface area contributed by atoms with E-state index in [0.29, 0.717) is 5.82 Å². The highest BCUT2D eigenvalue weighted by molar-refractivity contribution is 5.92. The monoisotopic (exact) mass is 436 g/mol. The van der Waals surface area contributed by atoms with Gasteiger partial charge in [0.2, 0.25) is 5.91 Å². The van der Waals surface area contributed by atoms with Gasteiger partial charge >= 0.3 is 6.18 Å². The van der Waals surface area contributed by atoms with Crippen molar-refractivity contribution in [3.8, 4) is 0 Å². The zero-order valence-corrected chi connectivity index (χ0v) is 19.0. The van der Waals surface area contributed by atoms with Gasteiger partial charge in [-0.25, -0.2) is 15.0 Å². The topological polar surface area (TPSA) is 67.8 Å². The van der Waals surface area contributed by atoms with Crippen LogP contribution in [0, 0.1) is 19.8 Å². The average molecular weight is 437 g/mol. The lowest BCUT2D eigenvalue weighted by Gasteiger charge is -2.16. The Hall–Kier alpha value is -2.77. The number of nitrogens with zero attached hydrogens (tertiary/aromatic N) is 3. The van der Waals surface area contributed by atoms with Gasteiger partial charge in [-0.05, 0) is 62.1 Å². The largest absolute Gasteiger partial charge is 0.389 e. The van der Waals surface area contributed by atoms with Crippen LogP contribution < -0.4 is 5.32 Å². The van der Waals surface area contributed by atoms with Crippen LogP contribution in [0.4, 0.5) is 19.0 Å². The predicted octanol–water partition coefficient (Wildman–Crippen LogP) is 6.38. The van der Waals surface area contributed by atoms with Crippen LogP contribution in [0.1, 0.15) is 69.6 Å². The van der Waals surface area contributed by atoms with Crippen LogP contribution in [-0.4, -0.2) is 27.0 Å². The maximum atomic E-state index is 12.6. The van der Waals surface area contributed by atoms with Gasteiger partial charge in [-0.15, -0.1) is 0 Å². The van der Waals surface area contributed by atoms with Crippen LogP contribution >= 0.6 is 0 Å². The van der Waals surface area contributed by atoms with Crippen LogP contribution in [0.15, 0.2) is 24.5 Å². The fraction of sp³-hybridized carbons (Fsp3) is 0.478. The van der Waals surface area contributed by atoms with Crippen LogP contribution in [-0.2, 0) is 4.79 Å². The molecule has 2 rings (SSSR count). The summed E-state index contributed by atoms with van der Waals surface area (Å²) in [6.45, 7) is 11.4. The van der Waals surface area contributed by atoms with E-state index >= 15 is 0 Å². The van der Waals surface area contributed by atoms with Gasteiger partial charge in [-0.3, -0.25) is 4.79 Å². The zero-order valence-electron chi connectivity index (χ0n) is 19.0. The number of halogens is 3. The maximum absolute atomic E-state index is 12.6. The summed E-state index contributed by atoms with van der Waals surface area (Å²) in [4.78, 5) is 24.7. The molecule has 0 aromatic carbocycles. The Morgan fingerprint density at radius 1 is 1.19 bits per heavy atom. The third-order valence-electron chi connectivity index (χ3n) is 4.30. The van der Waals surface area contributed by atoms with Crippen molar-refractivity contribution in [1.82, 2.24) is 15.0 Å². The Bertz CT molecular complexity index is 895. The molecule has 0 saturated heterocycles. The summed E-state index contributed by atoms with van der Waals surface area (Å²) < 4.78 is 37.8. The van der Waals surface area contributed by atoms with Crippen LogP contribution in [0.5, 0.6) is 0 Å². The van der Waals surface area contributed by atoms with E-state index < -0.39 is 24.4 Å². The van der Waals surface area contributed by atoms with Crippen molar-refractivity contribution < 1.29 is 18.0 Å². The van der Waals surface area contributed by atoms with Gasteiger partial charge in [-0.1, -0.05) is 27.2 Å². The van der Waals surface area contributed by atoms with Gasteiger partial charge in [0.15, 0.2) is 0 Å². The Morgan fingerprint density at radius 2 is 1.84 bits per heavy atom. The SMILES string of the molecule is CCC.CCC(CC(F)(F)F)C(=O)Nc1cc(C)c(/C=C(\C)c2ccnc(C)n2)cn1. The molecule has 1 N–H and O–H groups in total. The number of anilines is 1. The Kier molecular flexibility index (Phi) is 10.3. The molecule has 0 aliphatic carbocycles. The number of carbonyl (C=O) groups excluding carboxylic acids is 1. The van der Waals surface area contributed by atoms with Crippen molar-refractivity contribution in [3.05, 3.63) is 47.2 Å². The summed E-state index contributed by atoms with van der Waals surface area (Å²) in [5.41, 5.74) is 3.37. The molecule has 5 nitrogen and oxygen atoms in total. The minimum absolute atomic E-state index is 0.0999. The van der Waals surface area contributed by atoms with E-state index in [1.54, 1.807) is 25.4 Å². The van der Waals surface area contributed by atoms with E-state index in [1.165, 1.54) is 6.42 Å². The van der Waals surface area contributed by atoms with E-state index in [1.807, 2.05) is 32.9 Å². The highest BCUT2D eigenvalue weighted by Gasteiger charge is 2.34. The first kappa shape index (κ1) is 26.3.